The monoisotopic (exact) mass is 155 g/mol. The standard InChI is InChI=1S/C7H8O2S/c1-4-3-10-6(5(4)2)7(8)9/h3H,1-2H3,(H,8,9)/p-1. The first-order chi connectivity index (χ1) is 4.63. The molecule has 1 aromatic rings. The highest BCUT2D eigenvalue weighted by Crippen LogP contribution is 2.19. The highest BCUT2D eigenvalue weighted by Gasteiger charge is 2.02. The van der Waals surface area contributed by atoms with Gasteiger partial charge in [0.15, 0.2) is 0 Å². The number of hydrogen-bond donors (Lipinski definition) is 0. The molecule has 1 heterocycles. The zero-order valence-corrected chi connectivity index (χ0v) is 6.62. The van der Waals surface area contributed by atoms with Crippen molar-refractivity contribution in [1.29, 1.82) is 0 Å². The molecule has 0 bridgehead atoms. The first-order valence-electron chi connectivity index (χ1n) is 2.89. The molecule has 10 heavy (non-hydrogen) atoms. The minimum atomic E-state index is -1.07. The lowest BCUT2D eigenvalue weighted by molar-refractivity contribution is -0.254. The van der Waals surface area contributed by atoms with Crippen LogP contribution in [-0.4, -0.2) is 5.97 Å². The Morgan fingerprint density at radius 2 is 2.20 bits per heavy atom. The average Bonchev–Trinajstić information content (AvgIpc) is 2.14. The van der Waals surface area contributed by atoms with Gasteiger partial charge in [-0.15, -0.1) is 11.3 Å². The smallest absolute Gasteiger partial charge is 0.0818 e. The Labute approximate surface area is 63.1 Å². The molecule has 0 atom stereocenters. The molecule has 0 fully saturated rings. The number of hydrogen-bond acceptors (Lipinski definition) is 3. The van der Waals surface area contributed by atoms with Gasteiger partial charge in [0.05, 0.1) is 10.8 Å². The van der Waals surface area contributed by atoms with Gasteiger partial charge in [0.25, 0.3) is 0 Å². The molecule has 0 aliphatic heterocycles. The topological polar surface area (TPSA) is 40.1 Å². The summed E-state index contributed by atoms with van der Waals surface area (Å²) in [5, 5.41) is 12.2. The normalized spacial score (nSPS) is 9.80. The molecule has 0 aromatic carbocycles. The molecular formula is C7H7O2S-. The van der Waals surface area contributed by atoms with E-state index in [1.807, 2.05) is 12.3 Å². The Hall–Kier alpha value is -0.830. The van der Waals surface area contributed by atoms with Crippen LogP contribution in [-0.2, 0) is 0 Å². The molecule has 0 amide bonds. The van der Waals surface area contributed by atoms with Crippen molar-refractivity contribution in [2.45, 2.75) is 13.8 Å². The van der Waals surface area contributed by atoms with Gasteiger partial charge in [-0.1, -0.05) is 0 Å². The van der Waals surface area contributed by atoms with Crippen LogP contribution in [0.4, 0.5) is 0 Å². The molecular weight excluding hydrogens is 148 g/mol. The van der Waals surface area contributed by atoms with Crippen LogP contribution in [0, 0.1) is 13.8 Å². The number of aryl methyl sites for hydroxylation is 1. The maximum absolute atomic E-state index is 10.3. The van der Waals surface area contributed by atoms with E-state index in [4.69, 9.17) is 0 Å². The van der Waals surface area contributed by atoms with E-state index in [-0.39, 0.29) is 0 Å². The third kappa shape index (κ3) is 1.04. The summed E-state index contributed by atoms with van der Waals surface area (Å²) in [6.07, 6.45) is 0. The maximum Gasteiger partial charge on any atom is 0.0818 e. The van der Waals surface area contributed by atoms with Crippen molar-refractivity contribution < 1.29 is 9.90 Å². The number of carbonyl (C=O) groups excluding carboxylic acids is 1. The van der Waals surface area contributed by atoms with E-state index >= 15 is 0 Å². The lowest BCUT2D eigenvalue weighted by atomic mass is 10.2. The lowest BCUT2D eigenvalue weighted by Gasteiger charge is -1.98. The number of carboxylic acids is 1. The second-order valence-corrected chi connectivity index (χ2v) is 3.04. The van der Waals surface area contributed by atoms with Gasteiger partial charge in [-0.05, 0) is 30.4 Å². The van der Waals surface area contributed by atoms with Crippen molar-refractivity contribution in [1.82, 2.24) is 0 Å². The second kappa shape index (κ2) is 2.42. The fourth-order valence-electron chi connectivity index (χ4n) is 0.704. The third-order valence-electron chi connectivity index (χ3n) is 1.47. The molecule has 0 saturated carbocycles. The van der Waals surface area contributed by atoms with Gasteiger partial charge in [0, 0.05) is 0 Å². The molecule has 0 radical (unpaired) electrons. The average molecular weight is 155 g/mol. The third-order valence-corrected chi connectivity index (χ3v) is 2.65. The minimum Gasteiger partial charge on any atom is -0.544 e. The number of thiophene rings is 1. The molecule has 3 heteroatoms. The maximum atomic E-state index is 10.3. The summed E-state index contributed by atoms with van der Waals surface area (Å²) < 4.78 is 0. The van der Waals surface area contributed by atoms with Gasteiger partial charge in [-0.25, -0.2) is 0 Å². The van der Waals surface area contributed by atoms with Gasteiger partial charge in [-0.2, -0.15) is 0 Å². The fourth-order valence-corrected chi connectivity index (χ4v) is 1.61. The summed E-state index contributed by atoms with van der Waals surface area (Å²) in [4.78, 5) is 10.7. The van der Waals surface area contributed by atoms with E-state index in [9.17, 15) is 9.90 Å². The second-order valence-electron chi connectivity index (χ2n) is 2.16. The van der Waals surface area contributed by atoms with Crippen LogP contribution in [0.3, 0.4) is 0 Å². The number of aromatic carboxylic acids is 1. The summed E-state index contributed by atoms with van der Waals surface area (Å²) in [5.41, 5.74) is 1.84. The van der Waals surface area contributed by atoms with E-state index in [2.05, 4.69) is 0 Å². The Bertz CT molecular complexity index is 263. The molecule has 0 saturated heterocycles. The molecule has 1 aromatic heterocycles. The van der Waals surface area contributed by atoms with Crippen LogP contribution in [0.1, 0.15) is 20.8 Å². The van der Waals surface area contributed by atoms with E-state index in [0.29, 0.717) is 4.88 Å². The quantitative estimate of drug-likeness (QED) is 0.599. The van der Waals surface area contributed by atoms with Crippen LogP contribution in [0.15, 0.2) is 5.38 Å². The van der Waals surface area contributed by atoms with E-state index in [1.54, 1.807) is 6.92 Å². The molecule has 0 spiro atoms. The van der Waals surface area contributed by atoms with Crippen LogP contribution >= 0.6 is 11.3 Å². The molecule has 54 valence electrons. The van der Waals surface area contributed by atoms with E-state index in [1.165, 1.54) is 11.3 Å². The van der Waals surface area contributed by atoms with Crippen molar-refractivity contribution >= 4 is 17.3 Å². The molecule has 0 unspecified atom stereocenters. The van der Waals surface area contributed by atoms with Gasteiger partial charge in [0.1, 0.15) is 0 Å². The number of carboxylic acid groups (broad SMARTS) is 1. The molecule has 2 nitrogen and oxygen atoms in total. The summed E-state index contributed by atoms with van der Waals surface area (Å²) in [6.45, 7) is 3.68. The predicted octanol–water partition coefficient (Wildman–Crippen LogP) is 0.728. The zero-order chi connectivity index (χ0) is 7.72. The number of carbonyl (C=O) groups is 1. The Balaban J connectivity index is 3.17. The Morgan fingerprint density at radius 3 is 2.40 bits per heavy atom. The van der Waals surface area contributed by atoms with Gasteiger partial charge < -0.3 is 9.90 Å². The highest BCUT2D eigenvalue weighted by atomic mass is 32.1. The number of rotatable bonds is 1. The summed E-state index contributed by atoms with van der Waals surface area (Å²) >= 11 is 1.22. The SMILES string of the molecule is Cc1csc(C(=O)[O-])c1C. The van der Waals surface area contributed by atoms with E-state index in [0.717, 1.165) is 11.1 Å². The molecule has 0 aliphatic carbocycles. The highest BCUT2D eigenvalue weighted by molar-refractivity contribution is 7.12. The first kappa shape index (κ1) is 7.28. The zero-order valence-electron chi connectivity index (χ0n) is 5.80. The molecule has 1 rings (SSSR count). The Kier molecular flexibility index (Phi) is 1.76. The van der Waals surface area contributed by atoms with Crippen molar-refractivity contribution in [3.8, 4) is 0 Å². The van der Waals surface area contributed by atoms with Crippen molar-refractivity contribution in [2.75, 3.05) is 0 Å². The summed E-state index contributed by atoms with van der Waals surface area (Å²) in [7, 11) is 0. The van der Waals surface area contributed by atoms with Crippen molar-refractivity contribution in [3.63, 3.8) is 0 Å². The van der Waals surface area contributed by atoms with Crippen LogP contribution in [0.2, 0.25) is 0 Å². The largest absolute Gasteiger partial charge is 0.544 e. The fraction of sp³-hybridized carbons (Fsp3) is 0.286. The summed E-state index contributed by atoms with van der Waals surface area (Å²) in [5.74, 6) is -1.07. The minimum absolute atomic E-state index is 0.345. The van der Waals surface area contributed by atoms with Gasteiger partial charge in [0.2, 0.25) is 0 Å². The van der Waals surface area contributed by atoms with Crippen LogP contribution in [0.5, 0.6) is 0 Å². The lowest BCUT2D eigenvalue weighted by Crippen LogP contribution is -2.21. The van der Waals surface area contributed by atoms with Crippen molar-refractivity contribution in [3.05, 3.63) is 21.4 Å². The first-order valence-corrected chi connectivity index (χ1v) is 3.77. The predicted molar refractivity (Wildman–Crippen MR) is 38.1 cm³/mol. The Morgan fingerprint density at radius 1 is 1.60 bits per heavy atom. The van der Waals surface area contributed by atoms with Gasteiger partial charge >= 0.3 is 0 Å². The molecule has 0 aliphatic rings. The van der Waals surface area contributed by atoms with Crippen LogP contribution in [0.25, 0.3) is 0 Å². The van der Waals surface area contributed by atoms with E-state index < -0.39 is 5.97 Å². The van der Waals surface area contributed by atoms with Gasteiger partial charge in [-0.3, -0.25) is 0 Å². The summed E-state index contributed by atoms with van der Waals surface area (Å²) in [6, 6.07) is 0. The molecule has 0 N–H and O–H groups in total. The van der Waals surface area contributed by atoms with Crippen molar-refractivity contribution in [2.24, 2.45) is 0 Å². The van der Waals surface area contributed by atoms with Crippen LogP contribution < -0.4 is 5.11 Å².